The predicted octanol–water partition coefficient (Wildman–Crippen LogP) is 4.97. The standard InChI is InChI=1S/C27H29FN6O/c1-29-27-30-14-12-22(31-27)26-25(20-8-10-21(28)11-9-20)32-23-18-19(13-17-34(23)26)6-2-3-7-24(35)33-15-4-5-16-33/h8-14,17-18H,2-7,15-16H2,1H3,(H,29,30,31). The molecular weight excluding hydrogens is 443 g/mol. The largest absolute Gasteiger partial charge is 0.357 e. The van der Waals surface area contributed by atoms with Crippen molar-refractivity contribution >= 4 is 17.5 Å². The fourth-order valence-electron chi connectivity index (χ4n) is 4.64. The number of likely N-dealkylation sites (tertiary alicyclic amines) is 1. The molecule has 1 saturated heterocycles. The first kappa shape index (κ1) is 23.0. The molecule has 0 atom stereocenters. The third kappa shape index (κ3) is 5.01. The van der Waals surface area contributed by atoms with Gasteiger partial charge in [-0.25, -0.2) is 19.3 Å². The average Bonchev–Trinajstić information content (AvgIpc) is 3.55. The van der Waals surface area contributed by atoms with Crippen LogP contribution in [0.3, 0.4) is 0 Å². The number of hydrogen-bond donors (Lipinski definition) is 1. The highest BCUT2D eigenvalue weighted by molar-refractivity contribution is 5.81. The van der Waals surface area contributed by atoms with Crippen LogP contribution in [0.15, 0.2) is 54.9 Å². The number of pyridine rings is 1. The Bertz CT molecular complexity index is 1330. The van der Waals surface area contributed by atoms with E-state index >= 15 is 0 Å². The maximum absolute atomic E-state index is 13.6. The predicted molar refractivity (Wildman–Crippen MR) is 135 cm³/mol. The molecule has 4 heterocycles. The average molecular weight is 473 g/mol. The molecule has 0 spiro atoms. The number of fused-ring (bicyclic) bond motifs is 1. The Morgan fingerprint density at radius 1 is 1.06 bits per heavy atom. The minimum Gasteiger partial charge on any atom is -0.357 e. The second-order valence-corrected chi connectivity index (χ2v) is 8.89. The number of amides is 1. The van der Waals surface area contributed by atoms with Gasteiger partial charge < -0.3 is 10.2 Å². The molecule has 4 aromatic rings. The molecule has 8 heteroatoms. The van der Waals surface area contributed by atoms with Crippen LogP contribution in [-0.2, 0) is 11.2 Å². The van der Waals surface area contributed by atoms with E-state index in [1.165, 1.54) is 17.7 Å². The molecule has 3 aromatic heterocycles. The van der Waals surface area contributed by atoms with Crippen LogP contribution in [0, 0.1) is 5.82 Å². The summed E-state index contributed by atoms with van der Waals surface area (Å²) in [6.45, 7) is 1.83. The number of nitrogens with one attached hydrogen (secondary N) is 1. The summed E-state index contributed by atoms with van der Waals surface area (Å²) in [4.78, 5) is 28.0. The van der Waals surface area contributed by atoms with Gasteiger partial charge in [-0.05, 0) is 80.1 Å². The van der Waals surface area contributed by atoms with Gasteiger partial charge in [0.25, 0.3) is 0 Å². The summed E-state index contributed by atoms with van der Waals surface area (Å²) in [6.07, 6.45) is 9.31. The maximum Gasteiger partial charge on any atom is 0.222 e. The number of anilines is 1. The van der Waals surface area contributed by atoms with Gasteiger partial charge >= 0.3 is 0 Å². The smallest absolute Gasteiger partial charge is 0.222 e. The van der Waals surface area contributed by atoms with Gasteiger partial charge in [0.1, 0.15) is 11.5 Å². The molecule has 1 fully saturated rings. The van der Waals surface area contributed by atoms with Crippen molar-refractivity contribution in [3.05, 3.63) is 66.2 Å². The number of hydrogen-bond acceptors (Lipinski definition) is 5. The maximum atomic E-state index is 13.6. The van der Waals surface area contributed by atoms with Gasteiger partial charge in [-0.15, -0.1) is 0 Å². The van der Waals surface area contributed by atoms with E-state index in [0.717, 1.165) is 73.5 Å². The molecule has 5 rings (SSSR count). The zero-order valence-electron chi connectivity index (χ0n) is 19.9. The number of aryl methyl sites for hydroxylation is 1. The number of carbonyl (C=O) groups excluding carboxylic acids is 1. The normalized spacial score (nSPS) is 13.5. The van der Waals surface area contributed by atoms with Crippen LogP contribution in [-0.4, -0.2) is 50.3 Å². The number of benzene rings is 1. The van der Waals surface area contributed by atoms with Crippen LogP contribution in [0.5, 0.6) is 0 Å². The summed E-state index contributed by atoms with van der Waals surface area (Å²) in [5, 5.41) is 2.98. The summed E-state index contributed by atoms with van der Waals surface area (Å²) in [5.41, 5.74) is 5.08. The first-order chi connectivity index (χ1) is 17.1. The van der Waals surface area contributed by atoms with E-state index in [9.17, 15) is 9.18 Å². The number of imidazole rings is 1. The highest BCUT2D eigenvalue weighted by atomic mass is 19.1. The molecular formula is C27H29FN6O. The first-order valence-corrected chi connectivity index (χ1v) is 12.2. The van der Waals surface area contributed by atoms with E-state index in [0.29, 0.717) is 12.4 Å². The van der Waals surface area contributed by atoms with Gasteiger partial charge in [-0.3, -0.25) is 9.20 Å². The van der Waals surface area contributed by atoms with E-state index in [2.05, 4.69) is 27.4 Å². The van der Waals surface area contributed by atoms with Crippen LogP contribution in [0.4, 0.5) is 10.3 Å². The van der Waals surface area contributed by atoms with Gasteiger partial charge in [0.2, 0.25) is 11.9 Å². The summed E-state index contributed by atoms with van der Waals surface area (Å²) < 4.78 is 15.6. The molecule has 1 amide bonds. The van der Waals surface area contributed by atoms with E-state index in [1.54, 1.807) is 25.4 Å². The Morgan fingerprint density at radius 2 is 1.86 bits per heavy atom. The van der Waals surface area contributed by atoms with Gasteiger partial charge in [0, 0.05) is 44.5 Å². The van der Waals surface area contributed by atoms with E-state index in [-0.39, 0.29) is 11.7 Å². The highest BCUT2D eigenvalue weighted by Crippen LogP contribution is 2.32. The minimum atomic E-state index is -0.288. The number of carbonyl (C=O) groups is 1. The number of aromatic nitrogens is 4. The zero-order valence-corrected chi connectivity index (χ0v) is 19.9. The summed E-state index contributed by atoms with van der Waals surface area (Å²) in [6, 6.07) is 12.4. The third-order valence-corrected chi connectivity index (χ3v) is 6.49. The minimum absolute atomic E-state index is 0.283. The Kier molecular flexibility index (Phi) is 6.70. The van der Waals surface area contributed by atoms with E-state index in [4.69, 9.17) is 4.98 Å². The molecule has 0 saturated carbocycles. The Hall–Kier alpha value is -3.81. The highest BCUT2D eigenvalue weighted by Gasteiger charge is 2.19. The van der Waals surface area contributed by atoms with Gasteiger partial charge in [0.05, 0.1) is 17.1 Å². The summed E-state index contributed by atoms with van der Waals surface area (Å²) >= 11 is 0. The number of nitrogens with zero attached hydrogens (tertiary/aromatic N) is 5. The lowest BCUT2D eigenvalue weighted by Crippen LogP contribution is -2.27. The molecule has 1 N–H and O–H groups in total. The summed E-state index contributed by atoms with van der Waals surface area (Å²) in [5.74, 6) is 0.511. The molecule has 35 heavy (non-hydrogen) atoms. The Labute approximate surface area is 204 Å². The monoisotopic (exact) mass is 472 g/mol. The molecule has 0 unspecified atom stereocenters. The van der Waals surface area contributed by atoms with Crippen molar-refractivity contribution in [3.63, 3.8) is 0 Å². The number of unbranched alkanes of at least 4 members (excludes halogenated alkanes) is 1. The van der Waals surface area contributed by atoms with E-state index < -0.39 is 0 Å². The molecule has 1 aromatic carbocycles. The van der Waals surface area contributed by atoms with Crippen molar-refractivity contribution < 1.29 is 9.18 Å². The first-order valence-electron chi connectivity index (χ1n) is 12.2. The lowest BCUT2D eigenvalue weighted by Gasteiger charge is -2.14. The van der Waals surface area contributed by atoms with Crippen molar-refractivity contribution in [1.29, 1.82) is 0 Å². The van der Waals surface area contributed by atoms with Gasteiger partial charge in [0.15, 0.2) is 0 Å². The second kappa shape index (κ2) is 10.2. The van der Waals surface area contributed by atoms with E-state index in [1.807, 2.05) is 21.6 Å². The van der Waals surface area contributed by atoms with Crippen molar-refractivity contribution in [2.45, 2.75) is 38.5 Å². The van der Waals surface area contributed by atoms with Gasteiger partial charge in [-0.2, -0.15) is 0 Å². The molecule has 0 aliphatic carbocycles. The fourth-order valence-corrected chi connectivity index (χ4v) is 4.64. The molecule has 0 radical (unpaired) electrons. The quantitative estimate of drug-likeness (QED) is 0.366. The van der Waals surface area contributed by atoms with Crippen molar-refractivity contribution in [2.24, 2.45) is 0 Å². The van der Waals surface area contributed by atoms with Crippen molar-refractivity contribution in [3.8, 4) is 22.6 Å². The van der Waals surface area contributed by atoms with Gasteiger partial charge in [-0.1, -0.05) is 0 Å². The molecule has 1 aliphatic rings. The van der Waals surface area contributed by atoms with Crippen LogP contribution in [0.1, 0.15) is 37.7 Å². The van der Waals surface area contributed by atoms with Crippen molar-refractivity contribution in [2.75, 3.05) is 25.5 Å². The number of rotatable bonds is 8. The van der Waals surface area contributed by atoms with Crippen molar-refractivity contribution in [1.82, 2.24) is 24.3 Å². The lowest BCUT2D eigenvalue weighted by molar-refractivity contribution is -0.130. The van der Waals surface area contributed by atoms with Crippen LogP contribution < -0.4 is 5.32 Å². The molecule has 7 nitrogen and oxygen atoms in total. The topological polar surface area (TPSA) is 75.4 Å². The third-order valence-electron chi connectivity index (χ3n) is 6.49. The lowest BCUT2D eigenvalue weighted by atomic mass is 10.1. The molecule has 1 aliphatic heterocycles. The zero-order chi connectivity index (χ0) is 24.2. The number of halogens is 1. The Balaban J connectivity index is 1.41. The Morgan fingerprint density at radius 3 is 2.63 bits per heavy atom. The van der Waals surface area contributed by atoms with Crippen LogP contribution in [0.25, 0.3) is 28.3 Å². The molecule has 180 valence electrons. The summed E-state index contributed by atoms with van der Waals surface area (Å²) in [7, 11) is 1.78. The second-order valence-electron chi connectivity index (χ2n) is 8.89. The van der Waals surface area contributed by atoms with Crippen LogP contribution >= 0.6 is 0 Å². The molecule has 0 bridgehead atoms. The fraction of sp³-hybridized carbons (Fsp3) is 0.333. The van der Waals surface area contributed by atoms with Crippen LogP contribution in [0.2, 0.25) is 0 Å². The SMILES string of the molecule is CNc1nccc(-c2c(-c3ccc(F)cc3)nc3cc(CCCCC(=O)N4CCCC4)ccn23)n1.